The number of rotatable bonds is 2. The molecule has 0 amide bonds. The molecule has 1 saturated heterocycles. The number of halogens is 3. The quantitative estimate of drug-likeness (QED) is 0.914. The first kappa shape index (κ1) is 15.7. The second-order valence-corrected chi connectivity index (χ2v) is 6.99. The Morgan fingerprint density at radius 1 is 1.36 bits per heavy atom. The van der Waals surface area contributed by atoms with Crippen molar-refractivity contribution < 1.29 is 13.2 Å². The van der Waals surface area contributed by atoms with Crippen LogP contribution < -0.4 is 5.32 Å². The van der Waals surface area contributed by atoms with Gasteiger partial charge in [-0.15, -0.1) is 11.3 Å². The summed E-state index contributed by atoms with van der Waals surface area (Å²) >= 11 is 1.47. The Morgan fingerprint density at radius 3 is 2.86 bits per heavy atom. The van der Waals surface area contributed by atoms with Gasteiger partial charge in [-0.25, -0.2) is 4.98 Å². The minimum atomic E-state index is -4.32. The van der Waals surface area contributed by atoms with Crippen molar-refractivity contribution in [1.82, 2.24) is 15.2 Å². The molecular weight excluding hydrogens is 311 g/mol. The number of piperazine rings is 1. The first-order valence-electron chi connectivity index (χ1n) is 7.27. The van der Waals surface area contributed by atoms with Gasteiger partial charge in [0.2, 0.25) is 0 Å². The highest BCUT2D eigenvalue weighted by Crippen LogP contribution is 2.33. The molecule has 1 aromatic carbocycles. The number of nitrogens with zero attached hydrogens (tertiary/aromatic N) is 2. The van der Waals surface area contributed by atoms with E-state index in [4.69, 9.17) is 0 Å². The molecule has 0 radical (unpaired) electrons. The van der Waals surface area contributed by atoms with Gasteiger partial charge in [-0.2, -0.15) is 13.2 Å². The molecule has 2 aromatic rings. The van der Waals surface area contributed by atoms with E-state index < -0.39 is 11.7 Å². The third kappa shape index (κ3) is 3.26. The Balaban J connectivity index is 1.83. The molecule has 0 unspecified atom stereocenters. The molecule has 1 aliphatic rings. The highest BCUT2D eigenvalue weighted by atomic mass is 32.1. The highest BCUT2D eigenvalue weighted by Gasteiger charge is 2.31. The van der Waals surface area contributed by atoms with Crippen molar-refractivity contribution in [3.05, 3.63) is 28.8 Å². The third-order valence-electron chi connectivity index (χ3n) is 3.99. The summed E-state index contributed by atoms with van der Waals surface area (Å²) in [6.07, 6.45) is -4.32. The number of nitrogens with one attached hydrogen (secondary N) is 1. The maximum Gasteiger partial charge on any atom is 0.416 e. The Hall–Kier alpha value is -1.18. The van der Waals surface area contributed by atoms with Crippen LogP contribution in [0.5, 0.6) is 0 Å². The maximum atomic E-state index is 12.8. The van der Waals surface area contributed by atoms with Gasteiger partial charge in [-0.1, -0.05) is 0 Å². The predicted octanol–water partition coefficient (Wildman–Crippen LogP) is 3.50. The number of alkyl halides is 3. The summed E-state index contributed by atoms with van der Waals surface area (Å²) in [6.45, 7) is 6.81. The van der Waals surface area contributed by atoms with Crippen LogP contribution in [-0.4, -0.2) is 35.1 Å². The lowest BCUT2D eigenvalue weighted by molar-refractivity contribution is -0.137. The van der Waals surface area contributed by atoms with Crippen molar-refractivity contribution >= 4 is 21.6 Å². The summed E-state index contributed by atoms with van der Waals surface area (Å²) in [5.74, 6) is 0. The van der Waals surface area contributed by atoms with Gasteiger partial charge in [0.15, 0.2) is 0 Å². The molecule has 1 fully saturated rings. The van der Waals surface area contributed by atoms with E-state index in [0.717, 1.165) is 34.9 Å². The Bertz CT molecular complexity index is 668. The van der Waals surface area contributed by atoms with Crippen molar-refractivity contribution in [2.75, 3.05) is 13.1 Å². The summed E-state index contributed by atoms with van der Waals surface area (Å²) in [7, 11) is 0. The lowest BCUT2D eigenvalue weighted by Crippen LogP contribution is -2.53. The molecule has 1 aliphatic heterocycles. The van der Waals surface area contributed by atoms with Gasteiger partial charge >= 0.3 is 6.18 Å². The summed E-state index contributed by atoms with van der Waals surface area (Å²) in [5, 5.41) is 4.29. The molecular formula is C15H18F3N3S. The lowest BCUT2D eigenvalue weighted by atomic mass is 10.1. The molecule has 0 bridgehead atoms. The molecule has 1 aromatic heterocycles. The first-order chi connectivity index (χ1) is 10.3. The number of aromatic nitrogens is 1. The van der Waals surface area contributed by atoms with E-state index >= 15 is 0 Å². The van der Waals surface area contributed by atoms with Crippen LogP contribution in [0.1, 0.15) is 24.4 Å². The van der Waals surface area contributed by atoms with Crippen molar-refractivity contribution in [3.8, 4) is 0 Å². The van der Waals surface area contributed by atoms with Gasteiger partial charge in [0.25, 0.3) is 0 Å². The van der Waals surface area contributed by atoms with Crippen LogP contribution in [-0.2, 0) is 12.7 Å². The molecule has 22 heavy (non-hydrogen) atoms. The predicted molar refractivity (Wildman–Crippen MR) is 82.0 cm³/mol. The molecule has 2 heterocycles. The topological polar surface area (TPSA) is 28.2 Å². The SMILES string of the molecule is C[C@@H]1CN(Cc2nc3cc(C(F)(F)F)ccc3s2)[C@@H](C)CN1. The lowest BCUT2D eigenvalue weighted by Gasteiger charge is -2.36. The molecule has 7 heteroatoms. The van der Waals surface area contributed by atoms with Crippen LogP contribution in [0.2, 0.25) is 0 Å². The van der Waals surface area contributed by atoms with Gasteiger partial charge < -0.3 is 5.32 Å². The average molecular weight is 329 g/mol. The van der Waals surface area contributed by atoms with Crippen LogP contribution >= 0.6 is 11.3 Å². The number of thiazole rings is 1. The highest BCUT2D eigenvalue weighted by molar-refractivity contribution is 7.18. The molecule has 0 aliphatic carbocycles. The van der Waals surface area contributed by atoms with E-state index in [-0.39, 0.29) is 0 Å². The van der Waals surface area contributed by atoms with Crippen molar-refractivity contribution in [2.45, 2.75) is 38.7 Å². The summed E-state index contributed by atoms with van der Waals surface area (Å²) in [6, 6.07) is 4.60. The summed E-state index contributed by atoms with van der Waals surface area (Å²) in [4.78, 5) is 6.72. The zero-order valence-electron chi connectivity index (χ0n) is 12.4. The molecule has 0 spiro atoms. The first-order valence-corrected chi connectivity index (χ1v) is 8.08. The second kappa shape index (κ2) is 5.79. The van der Waals surface area contributed by atoms with E-state index in [1.807, 2.05) is 0 Å². The van der Waals surface area contributed by atoms with Gasteiger partial charge in [-0.3, -0.25) is 4.90 Å². The van der Waals surface area contributed by atoms with E-state index in [1.165, 1.54) is 17.4 Å². The van der Waals surface area contributed by atoms with Gasteiger partial charge in [0.1, 0.15) is 5.01 Å². The van der Waals surface area contributed by atoms with Crippen molar-refractivity contribution in [1.29, 1.82) is 0 Å². The zero-order chi connectivity index (χ0) is 15.9. The van der Waals surface area contributed by atoms with Crippen LogP contribution in [0.25, 0.3) is 10.2 Å². The maximum absolute atomic E-state index is 12.8. The van der Waals surface area contributed by atoms with E-state index in [0.29, 0.717) is 24.1 Å². The van der Waals surface area contributed by atoms with Crippen LogP contribution in [0.15, 0.2) is 18.2 Å². The summed E-state index contributed by atoms with van der Waals surface area (Å²) in [5.41, 5.74) is -0.202. The number of benzene rings is 1. The van der Waals surface area contributed by atoms with Gasteiger partial charge in [0.05, 0.1) is 22.3 Å². The fraction of sp³-hybridized carbons (Fsp3) is 0.533. The largest absolute Gasteiger partial charge is 0.416 e. The number of hydrogen-bond donors (Lipinski definition) is 1. The van der Waals surface area contributed by atoms with E-state index in [1.54, 1.807) is 0 Å². The number of fused-ring (bicyclic) bond motifs is 1. The molecule has 120 valence electrons. The monoisotopic (exact) mass is 329 g/mol. The van der Waals surface area contributed by atoms with Crippen molar-refractivity contribution in [2.24, 2.45) is 0 Å². The van der Waals surface area contributed by atoms with Crippen LogP contribution in [0, 0.1) is 0 Å². The minimum absolute atomic E-state index is 0.397. The Labute approximate surface area is 131 Å². The normalized spacial score (nSPS) is 24.0. The average Bonchev–Trinajstić information content (AvgIpc) is 2.83. The Morgan fingerprint density at radius 2 is 2.14 bits per heavy atom. The summed E-state index contributed by atoms with van der Waals surface area (Å²) < 4.78 is 39.1. The molecule has 3 rings (SSSR count). The minimum Gasteiger partial charge on any atom is -0.311 e. The smallest absolute Gasteiger partial charge is 0.311 e. The standard InChI is InChI=1S/C15H18F3N3S/c1-9-7-21(10(2)6-19-9)8-14-20-12-5-11(15(16,17)18)3-4-13(12)22-14/h3-5,9-10,19H,6-8H2,1-2H3/t9-,10+/m1/s1. The van der Waals surface area contributed by atoms with E-state index in [9.17, 15) is 13.2 Å². The molecule has 2 atom stereocenters. The van der Waals surface area contributed by atoms with Crippen molar-refractivity contribution in [3.63, 3.8) is 0 Å². The van der Waals surface area contributed by atoms with Gasteiger partial charge in [0, 0.05) is 25.2 Å². The third-order valence-corrected chi connectivity index (χ3v) is 5.01. The van der Waals surface area contributed by atoms with Gasteiger partial charge in [-0.05, 0) is 32.0 Å². The van der Waals surface area contributed by atoms with Crippen LogP contribution in [0.4, 0.5) is 13.2 Å². The molecule has 0 saturated carbocycles. The number of hydrogen-bond acceptors (Lipinski definition) is 4. The fourth-order valence-corrected chi connectivity index (χ4v) is 3.68. The zero-order valence-corrected chi connectivity index (χ0v) is 13.3. The fourth-order valence-electron chi connectivity index (χ4n) is 2.71. The molecule has 3 nitrogen and oxygen atoms in total. The Kier molecular flexibility index (Phi) is 4.13. The van der Waals surface area contributed by atoms with Crippen LogP contribution in [0.3, 0.4) is 0 Å². The second-order valence-electron chi connectivity index (χ2n) is 5.88. The van der Waals surface area contributed by atoms with E-state index in [2.05, 4.69) is 29.0 Å². The molecule has 1 N–H and O–H groups in total.